The van der Waals surface area contributed by atoms with Crippen molar-refractivity contribution in [1.82, 2.24) is 0 Å². The third kappa shape index (κ3) is 21.3. The molecule has 0 N–H and O–H groups in total. The highest BCUT2D eigenvalue weighted by atomic mass is 16.7. The molecule has 2 heteroatoms. The summed E-state index contributed by atoms with van der Waals surface area (Å²) >= 11 is 0. The van der Waals surface area contributed by atoms with E-state index in [1.54, 1.807) is 0 Å². The molecule has 0 aliphatic carbocycles. The van der Waals surface area contributed by atoms with E-state index in [9.17, 15) is 0 Å². The Hall–Kier alpha value is -1.38. The molecule has 0 saturated carbocycles. The van der Waals surface area contributed by atoms with Crippen LogP contribution in [-0.2, 0) is 9.47 Å². The van der Waals surface area contributed by atoms with Gasteiger partial charge in [0.05, 0.1) is 6.61 Å². The molecule has 30 heavy (non-hydrogen) atoms. The van der Waals surface area contributed by atoms with E-state index in [-0.39, 0.29) is 6.29 Å². The molecule has 174 valence electrons. The lowest BCUT2D eigenvalue weighted by molar-refractivity contribution is -0.114. The fourth-order valence-corrected chi connectivity index (χ4v) is 2.55. The first-order chi connectivity index (χ1) is 14.2. The fourth-order valence-electron chi connectivity index (χ4n) is 2.55. The standard InChI is InChI=1S/C26H44O2.C2H6/c1-9-27-26(28-20-22(4)5)19-25(8)18-12-17-24(7)16-11-15-23(6)14-10-13-21(2)3;1-2/h12-13,15,17-19,22,26H,9-11,14,16,20H2,1-8H3;1-2H3/b18-12+,23-15+,24-17+,25-19+;. The Morgan fingerprint density at radius 3 is 2.00 bits per heavy atom. The van der Waals surface area contributed by atoms with Crippen molar-refractivity contribution in [2.75, 3.05) is 13.2 Å². The molecule has 0 aliphatic heterocycles. The molecule has 1 unspecified atom stereocenters. The van der Waals surface area contributed by atoms with Gasteiger partial charge in [0, 0.05) is 6.61 Å². The molecule has 0 amide bonds. The highest BCUT2D eigenvalue weighted by Crippen LogP contribution is 2.12. The number of rotatable bonds is 14. The molecule has 0 aromatic carbocycles. The van der Waals surface area contributed by atoms with Gasteiger partial charge in [0.2, 0.25) is 0 Å². The van der Waals surface area contributed by atoms with Crippen LogP contribution in [-0.4, -0.2) is 19.5 Å². The van der Waals surface area contributed by atoms with Gasteiger partial charge in [0.15, 0.2) is 6.29 Å². The zero-order valence-corrected chi connectivity index (χ0v) is 21.7. The van der Waals surface area contributed by atoms with Crippen LogP contribution < -0.4 is 0 Å². The Morgan fingerprint density at radius 1 is 0.833 bits per heavy atom. The summed E-state index contributed by atoms with van der Waals surface area (Å²) in [7, 11) is 0. The third-order valence-electron chi connectivity index (χ3n) is 4.19. The highest BCUT2D eigenvalue weighted by molar-refractivity contribution is 5.22. The zero-order chi connectivity index (χ0) is 23.4. The van der Waals surface area contributed by atoms with Crippen molar-refractivity contribution in [2.24, 2.45) is 5.92 Å². The molecule has 0 aromatic rings. The lowest BCUT2D eigenvalue weighted by atomic mass is 10.1. The van der Waals surface area contributed by atoms with Crippen molar-refractivity contribution in [3.05, 3.63) is 58.7 Å². The van der Waals surface area contributed by atoms with Crippen LogP contribution in [0.5, 0.6) is 0 Å². The number of allylic oxidation sites excluding steroid dienone is 9. The molecule has 1 atom stereocenters. The predicted octanol–water partition coefficient (Wildman–Crippen LogP) is 8.97. The van der Waals surface area contributed by atoms with Gasteiger partial charge in [-0.2, -0.15) is 0 Å². The molecule has 0 saturated heterocycles. The van der Waals surface area contributed by atoms with Crippen LogP contribution in [0.4, 0.5) is 0 Å². The van der Waals surface area contributed by atoms with Crippen LogP contribution in [0.2, 0.25) is 0 Å². The Morgan fingerprint density at radius 2 is 1.43 bits per heavy atom. The second kappa shape index (κ2) is 20.9. The second-order valence-corrected chi connectivity index (χ2v) is 8.24. The van der Waals surface area contributed by atoms with Gasteiger partial charge in [0.1, 0.15) is 0 Å². The summed E-state index contributed by atoms with van der Waals surface area (Å²) in [5.74, 6) is 0.502. The van der Waals surface area contributed by atoms with Crippen molar-refractivity contribution in [2.45, 2.75) is 101 Å². The highest BCUT2D eigenvalue weighted by Gasteiger charge is 2.06. The van der Waals surface area contributed by atoms with E-state index >= 15 is 0 Å². The van der Waals surface area contributed by atoms with Gasteiger partial charge in [-0.05, 0) is 79.2 Å². The van der Waals surface area contributed by atoms with Crippen LogP contribution in [0, 0.1) is 5.92 Å². The summed E-state index contributed by atoms with van der Waals surface area (Å²) in [6.45, 7) is 22.5. The Balaban J connectivity index is 0. The molecule has 0 heterocycles. The first kappa shape index (κ1) is 30.8. The summed E-state index contributed by atoms with van der Waals surface area (Å²) in [6.07, 6.45) is 17.5. The summed E-state index contributed by atoms with van der Waals surface area (Å²) in [4.78, 5) is 0. The van der Waals surface area contributed by atoms with E-state index in [0.717, 1.165) is 31.3 Å². The van der Waals surface area contributed by atoms with E-state index in [1.807, 2.05) is 26.8 Å². The van der Waals surface area contributed by atoms with Crippen LogP contribution in [0.1, 0.15) is 94.9 Å². The van der Waals surface area contributed by atoms with Gasteiger partial charge < -0.3 is 9.47 Å². The van der Waals surface area contributed by atoms with E-state index in [4.69, 9.17) is 9.47 Å². The normalized spacial score (nSPS) is 14.0. The van der Waals surface area contributed by atoms with Gasteiger partial charge in [0.25, 0.3) is 0 Å². The lowest BCUT2D eigenvalue weighted by Crippen LogP contribution is -2.17. The summed E-state index contributed by atoms with van der Waals surface area (Å²) < 4.78 is 11.4. The van der Waals surface area contributed by atoms with Gasteiger partial charge in [-0.25, -0.2) is 0 Å². The molecule has 0 rings (SSSR count). The topological polar surface area (TPSA) is 18.5 Å². The van der Waals surface area contributed by atoms with Crippen LogP contribution in [0.3, 0.4) is 0 Å². The number of ether oxygens (including phenoxy) is 2. The molecule has 0 bridgehead atoms. The quantitative estimate of drug-likeness (QED) is 0.159. The maximum Gasteiger partial charge on any atom is 0.177 e. The summed E-state index contributed by atoms with van der Waals surface area (Å²) in [5.41, 5.74) is 5.45. The summed E-state index contributed by atoms with van der Waals surface area (Å²) in [6, 6.07) is 0. The average Bonchev–Trinajstić information content (AvgIpc) is 2.67. The van der Waals surface area contributed by atoms with Crippen LogP contribution in [0.25, 0.3) is 0 Å². The summed E-state index contributed by atoms with van der Waals surface area (Å²) in [5, 5.41) is 0. The number of hydrogen-bond acceptors (Lipinski definition) is 2. The Labute approximate surface area is 188 Å². The predicted molar refractivity (Wildman–Crippen MR) is 136 cm³/mol. The van der Waals surface area contributed by atoms with Crippen molar-refractivity contribution in [3.8, 4) is 0 Å². The smallest absolute Gasteiger partial charge is 0.177 e. The van der Waals surface area contributed by atoms with E-state index in [1.165, 1.54) is 16.7 Å². The van der Waals surface area contributed by atoms with Crippen LogP contribution in [0.15, 0.2) is 58.7 Å². The van der Waals surface area contributed by atoms with Crippen LogP contribution >= 0.6 is 0 Å². The molecule has 0 fully saturated rings. The van der Waals surface area contributed by atoms with Crippen molar-refractivity contribution in [1.29, 1.82) is 0 Å². The second-order valence-electron chi connectivity index (χ2n) is 8.24. The zero-order valence-electron chi connectivity index (χ0n) is 21.7. The molecule has 2 nitrogen and oxygen atoms in total. The molecule has 0 aliphatic rings. The average molecular weight is 419 g/mol. The van der Waals surface area contributed by atoms with E-state index < -0.39 is 0 Å². The first-order valence-electron chi connectivity index (χ1n) is 11.8. The molecular weight excluding hydrogens is 368 g/mol. The SMILES string of the molecule is CC.CCOC(/C=C(C)/C=C/C=C(\C)CC/C=C(\C)CCC=C(C)C)OCC(C)C. The Bertz CT molecular complexity index is 555. The molecular formula is C28H50O2. The minimum absolute atomic E-state index is 0.262. The monoisotopic (exact) mass is 418 g/mol. The third-order valence-corrected chi connectivity index (χ3v) is 4.19. The lowest BCUT2D eigenvalue weighted by Gasteiger charge is -2.16. The number of hydrogen-bond donors (Lipinski definition) is 0. The van der Waals surface area contributed by atoms with Crippen molar-refractivity contribution >= 4 is 0 Å². The van der Waals surface area contributed by atoms with Gasteiger partial charge in [-0.3, -0.25) is 0 Å². The van der Waals surface area contributed by atoms with Gasteiger partial charge in [-0.15, -0.1) is 0 Å². The molecule has 0 radical (unpaired) electrons. The van der Waals surface area contributed by atoms with Crippen molar-refractivity contribution in [3.63, 3.8) is 0 Å². The molecule has 0 spiro atoms. The van der Waals surface area contributed by atoms with Gasteiger partial charge in [-0.1, -0.05) is 80.4 Å². The minimum atomic E-state index is -0.262. The fraction of sp³-hybridized carbons (Fsp3) is 0.643. The maximum atomic E-state index is 5.80. The van der Waals surface area contributed by atoms with E-state index in [0.29, 0.717) is 19.1 Å². The Kier molecular flexibility index (Phi) is 21.4. The van der Waals surface area contributed by atoms with Gasteiger partial charge >= 0.3 is 0 Å². The van der Waals surface area contributed by atoms with Crippen molar-refractivity contribution < 1.29 is 9.47 Å². The maximum absolute atomic E-state index is 5.80. The molecule has 0 aromatic heterocycles. The van der Waals surface area contributed by atoms with E-state index in [2.05, 4.69) is 78.8 Å². The largest absolute Gasteiger partial charge is 0.349 e. The first-order valence-corrected chi connectivity index (χ1v) is 11.8. The minimum Gasteiger partial charge on any atom is -0.349 e.